The molecule has 0 radical (unpaired) electrons. The van der Waals surface area contributed by atoms with E-state index in [1.807, 2.05) is 0 Å². The first-order valence-electron chi connectivity index (χ1n) is 4.09. The minimum atomic E-state index is 0.916. The van der Waals surface area contributed by atoms with E-state index in [1.165, 1.54) is 25.0 Å². The molecule has 0 bridgehead atoms. The van der Waals surface area contributed by atoms with E-state index in [1.54, 1.807) is 7.11 Å². The number of rotatable bonds is 2. The fraction of sp³-hybridized carbons (Fsp3) is 0.778. The van der Waals surface area contributed by atoms with Gasteiger partial charge in [0.05, 0.1) is 12.9 Å². The van der Waals surface area contributed by atoms with E-state index in [4.69, 9.17) is 4.74 Å². The van der Waals surface area contributed by atoms with Crippen LogP contribution in [0.2, 0.25) is 0 Å². The van der Waals surface area contributed by atoms with Gasteiger partial charge in [-0.3, -0.25) is 0 Å². The molecule has 10 heavy (non-hydrogen) atoms. The summed E-state index contributed by atoms with van der Waals surface area (Å²) in [7, 11) is 1.76. The Labute approximate surface area is 63.1 Å². The van der Waals surface area contributed by atoms with Crippen LogP contribution < -0.4 is 0 Å². The molecule has 0 aliphatic heterocycles. The van der Waals surface area contributed by atoms with E-state index in [0.29, 0.717) is 0 Å². The zero-order chi connectivity index (χ0) is 7.40. The van der Waals surface area contributed by atoms with Gasteiger partial charge in [-0.2, -0.15) is 0 Å². The molecule has 0 saturated carbocycles. The molecule has 0 fully saturated rings. The van der Waals surface area contributed by atoms with E-state index >= 15 is 0 Å². The van der Waals surface area contributed by atoms with Crippen LogP contribution in [0.3, 0.4) is 0 Å². The lowest BCUT2D eigenvalue weighted by atomic mass is 9.91. The highest BCUT2D eigenvalue weighted by atomic mass is 16.5. The number of allylic oxidation sites excluding steroid dienone is 2. The first-order valence-corrected chi connectivity index (χ1v) is 4.09. The largest absolute Gasteiger partial charge is 0.501 e. The van der Waals surface area contributed by atoms with Crippen LogP contribution in [0.15, 0.2) is 11.8 Å². The predicted molar refractivity (Wildman–Crippen MR) is 42.7 cm³/mol. The Balaban J connectivity index is 2.36. The minimum absolute atomic E-state index is 0.916. The maximum absolute atomic E-state index is 5.15. The predicted octanol–water partition coefficient (Wildman–Crippen LogP) is 2.73. The summed E-state index contributed by atoms with van der Waals surface area (Å²) in [5.74, 6) is 2.10. The molecule has 1 rings (SSSR count). The molecule has 0 aromatic rings. The van der Waals surface area contributed by atoms with E-state index in [9.17, 15) is 0 Å². The molecule has 0 saturated heterocycles. The Bertz CT molecular complexity index is 127. The molecule has 0 spiro atoms. The second kappa shape index (κ2) is 3.65. The molecule has 0 amide bonds. The summed E-state index contributed by atoms with van der Waals surface area (Å²) in [6, 6.07) is 0. The fourth-order valence-electron chi connectivity index (χ4n) is 1.42. The SMILES string of the molecule is CCC1CC=C(OC)CC1. The van der Waals surface area contributed by atoms with Crippen LogP contribution in [-0.2, 0) is 4.74 Å². The molecule has 1 heteroatoms. The lowest BCUT2D eigenvalue weighted by molar-refractivity contribution is 0.252. The van der Waals surface area contributed by atoms with Crippen LogP contribution in [0, 0.1) is 5.92 Å². The van der Waals surface area contributed by atoms with Crippen molar-refractivity contribution < 1.29 is 4.74 Å². The number of methoxy groups -OCH3 is 1. The van der Waals surface area contributed by atoms with Gasteiger partial charge in [-0.05, 0) is 24.8 Å². The molecule has 1 unspecified atom stereocenters. The van der Waals surface area contributed by atoms with Crippen molar-refractivity contribution in [1.29, 1.82) is 0 Å². The third-order valence-corrected chi connectivity index (χ3v) is 2.32. The van der Waals surface area contributed by atoms with Crippen LogP contribution >= 0.6 is 0 Å². The van der Waals surface area contributed by atoms with Gasteiger partial charge in [0.1, 0.15) is 0 Å². The molecule has 1 atom stereocenters. The third kappa shape index (κ3) is 1.76. The van der Waals surface area contributed by atoms with Crippen molar-refractivity contribution in [2.75, 3.05) is 7.11 Å². The molecule has 0 aromatic heterocycles. The Morgan fingerprint density at radius 1 is 1.70 bits per heavy atom. The molecule has 1 nitrogen and oxygen atoms in total. The second-order valence-corrected chi connectivity index (χ2v) is 2.92. The Morgan fingerprint density at radius 3 is 2.90 bits per heavy atom. The highest BCUT2D eigenvalue weighted by molar-refractivity contribution is 4.98. The summed E-state index contributed by atoms with van der Waals surface area (Å²) in [5, 5.41) is 0. The smallest absolute Gasteiger partial charge is 0.0915 e. The quantitative estimate of drug-likeness (QED) is 0.573. The van der Waals surface area contributed by atoms with Gasteiger partial charge in [0.15, 0.2) is 0 Å². The van der Waals surface area contributed by atoms with Crippen molar-refractivity contribution in [3.8, 4) is 0 Å². The topological polar surface area (TPSA) is 9.23 Å². The van der Waals surface area contributed by atoms with Crippen LogP contribution in [0.25, 0.3) is 0 Å². The normalized spacial score (nSPS) is 25.8. The third-order valence-electron chi connectivity index (χ3n) is 2.32. The number of hydrogen-bond acceptors (Lipinski definition) is 1. The van der Waals surface area contributed by atoms with Gasteiger partial charge < -0.3 is 4.74 Å². The zero-order valence-electron chi connectivity index (χ0n) is 6.89. The van der Waals surface area contributed by atoms with Crippen LogP contribution in [0.1, 0.15) is 32.6 Å². The maximum Gasteiger partial charge on any atom is 0.0915 e. The van der Waals surface area contributed by atoms with Gasteiger partial charge in [-0.15, -0.1) is 0 Å². The molecule has 0 N–H and O–H groups in total. The van der Waals surface area contributed by atoms with E-state index in [2.05, 4.69) is 13.0 Å². The van der Waals surface area contributed by atoms with E-state index in [-0.39, 0.29) is 0 Å². The standard InChI is InChI=1S/C9H16O/c1-3-8-4-6-9(10-2)7-5-8/h6,8H,3-5,7H2,1-2H3. The lowest BCUT2D eigenvalue weighted by Crippen LogP contribution is -2.04. The van der Waals surface area contributed by atoms with Gasteiger partial charge in [0.2, 0.25) is 0 Å². The summed E-state index contributed by atoms with van der Waals surface area (Å²) in [5.41, 5.74) is 0. The molecule has 0 heterocycles. The van der Waals surface area contributed by atoms with Crippen LogP contribution in [0.4, 0.5) is 0 Å². The van der Waals surface area contributed by atoms with Crippen molar-refractivity contribution in [3.05, 3.63) is 11.8 Å². The molecule has 1 aliphatic carbocycles. The minimum Gasteiger partial charge on any atom is -0.501 e. The Kier molecular flexibility index (Phi) is 2.79. The second-order valence-electron chi connectivity index (χ2n) is 2.92. The van der Waals surface area contributed by atoms with Crippen molar-refractivity contribution in [1.82, 2.24) is 0 Å². The van der Waals surface area contributed by atoms with E-state index < -0.39 is 0 Å². The molecular weight excluding hydrogens is 124 g/mol. The zero-order valence-corrected chi connectivity index (χ0v) is 6.89. The monoisotopic (exact) mass is 140 g/mol. The van der Waals surface area contributed by atoms with Gasteiger partial charge in [-0.25, -0.2) is 0 Å². The maximum atomic E-state index is 5.15. The molecule has 58 valence electrons. The van der Waals surface area contributed by atoms with Crippen molar-refractivity contribution in [2.24, 2.45) is 5.92 Å². The summed E-state index contributed by atoms with van der Waals surface area (Å²) in [6.07, 6.45) is 7.23. The average Bonchev–Trinajstić information content (AvgIpc) is 2.05. The highest BCUT2D eigenvalue weighted by Crippen LogP contribution is 2.25. The highest BCUT2D eigenvalue weighted by Gasteiger charge is 2.11. The summed E-state index contributed by atoms with van der Waals surface area (Å²) < 4.78 is 5.15. The lowest BCUT2D eigenvalue weighted by Gasteiger charge is -2.19. The first kappa shape index (κ1) is 7.64. The van der Waals surface area contributed by atoms with Crippen LogP contribution in [-0.4, -0.2) is 7.11 Å². The van der Waals surface area contributed by atoms with Gasteiger partial charge in [-0.1, -0.05) is 13.3 Å². The fourth-order valence-corrected chi connectivity index (χ4v) is 1.42. The Hall–Kier alpha value is -0.460. The molecular formula is C9H16O. The van der Waals surface area contributed by atoms with Crippen molar-refractivity contribution >= 4 is 0 Å². The van der Waals surface area contributed by atoms with Gasteiger partial charge >= 0.3 is 0 Å². The number of ether oxygens (including phenoxy) is 1. The van der Waals surface area contributed by atoms with Crippen molar-refractivity contribution in [3.63, 3.8) is 0 Å². The van der Waals surface area contributed by atoms with E-state index in [0.717, 1.165) is 12.3 Å². The summed E-state index contributed by atoms with van der Waals surface area (Å²) in [6.45, 7) is 2.26. The van der Waals surface area contributed by atoms with Gasteiger partial charge in [0, 0.05) is 6.42 Å². The summed E-state index contributed by atoms with van der Waals surface area (Å²) >= 11 is 0. The molecule has 0 aromatic carbocycles. The summed E-state index contributed by atoms with van der Waals surface area (Å²) in [4.78, 5) is 0. The number of hydrogen-bond donors (Lipinski definition) is 0. The Morgan fingerprint density at radius 2 is 2.50 bits per heavy atom. The van der Waals surface area contributed by atoms with Crippen molar-refractivity contribution in [2.45, 2.75) is 32.6 Å². The van der Waals surface area contributed by atoms with Crippen LogP contribution in [0.5, 0.6) is 0 Å². The average molecular weight is 140 g/mol. The first-order chi connectivity index (χ1) is 4.86. The molecule has 1 aliphatic rings. The van der Waals surface area contributed by atoms with Gasteiger partial charge in [0.25, 0.3) is 0 Å².